The van der Waals surface area contributed by atoms with Crippen molar-refractivity contribution in [1.82, 2.24) is 9.38 Å². The number of rotatable bonds is 5. The van der Waals surface area contributed by atoms with Gasteiger partial charge in [0.2, 0.25) is 5.88 Å². The van der Waals surface area contributed by atoms with Gasteiger partial charge >= 0.3 is 0 Å². The fourth-order valence-corrected chi connectivity index (χ4v) is 3.63. The van der Waals surface area contributed by atoms with Crippen LogP contribution in [-0.4, -0.2) is 32.2 Å². The number of amides is 1. The molecule has 0 saturated carbocycles. The van der Waals surface area contributed by atoms with E-state index < -0.39 is 22.9 Å². The van der Waals surface area contributed by atoms with Gasteiger partial charge in [-0.05, 0) is 37.9 Å². The second kappa shape index (κ2) is 9.78. The van der Waals surface area contributed by atoms with Crippen LogP contribution in [0.4, 0.5) is 5.69 Å². The van der Waals surface area contributed by atoms with Crippen molar-refractivity contribution in [3.8, 4) is 5.88 Å². The third kappa shape index (κ3) is 5.13. The predicted molar refractivity (Wildman–Crippen MR) is 125 cm³/mol. The SMILES string of the molecule is C=N/C(Cl)=C\N=C(/C)Sc1cccc(NC(=O)c2c(O)nc3ccccn3c2=O)c1Cl. The van der Waals surface area contributed by atoms with Crippen molar-refractivity contribution in [2.45, 2.75) is 11.8 Å². The number of pyridine rings is 1. The molecule has 0 bridgehead atoms. The highest BCUT2D eigenvalue weighted by Gasteiger charge is 2.21. The van der Waals surface area contributed by atoms with Crippen molar-refractivity contribution < 1.29 is 9.90 Å². The average molecular weight is 476 g/mol. The van der Waals surface area contributed by atoms with Crippen molar-refractivity contribution in [3.05, 3.63) is 74.9 Å². The molecule has 0 atom stereocenters. The molecule has 3 rings (SSSR count). The molecule has 2 aromatic heterocycles. The molecule has 0 aliphatic heterocycles. The van der Waals surface area contributed by atoms with E-state index in [4.69, 9.17) is 23.2 Å². The lowest BCUT2D eigenvalue weighted by molar-refractivity contribution is 0.102. The highest BCUT2D eigenvalue weighted by atomic mass is 35.5. The Morgan fingerprint density at radius 3 is 2.84 bits per heavy atom. The smallest absolute Gasteiger partial charge is 0.274 e. The van der Waals surface area contributed by atoms with Gasteiger partial charge in [0.25, 0.3) is 11.5 Å². The van der Waals surface area contributed by atoms with E-state index in [9.17, 15) is 14.7 Å². The minimum absolute atomic E-state index is 0.141. The van der Waals surface area contributed by atoms with Crippen molar-refractivity contribution in [3.63, 3.8) is 0 Å². The first-order chi connectivity index (χ1) is 14.8. The van der Waals surface area contributed by atoms with E-state index in [-0.39, 0.29) is 21.5 Å². The maximum absolute atomic E-state index is 12.7. The number of benzene rings is 1. The number of nitrogens with zero attached hydrogens (tertiary/aromatic N) is 4. The van der Waals surface area contributed by atoms with Crippen molar-refractivity contribution in [1.29, 1.82) is 0 Å². The fraction of sp³-hybridized carbons (Fsp3) is 0.0500. The minimum Gasteiger partial charge on any atom is -0.493 e. The summed E-state index contributed by atoms with van der Waals surface area (Å²) >= 11 is 13.4. The number of anilines is 1. The summed E-state index contributed by atoms with van der Waals surface area (Å²) in [6.45, 7) is 5.04. The molecule has 0 fully saturated rings. The number of halogens is 2. The van der Waals surface area contributed by atoms with E-state index in [1.807, 2.05) is 0 Å². The Hall–Kier alpha value is -3.14. The molecule has 8 nitrogen and oxygen atoms in total. The van der Waals surface area contributed by atoms with Gasteiger partial charge in [0, 0.05) is 11.1 Å². The number of fused-ring (bicyclic) bond motifs is 1. The van der Waals surface area contributed by atoms with E-state index in [2.05, 4.69) is 27.0 Å². The molecular weight excluding hydrogens is 461 g/mol. The number of aromatic hydroxyl groups is 1. The van der Waals surface area contributed by atoms with Crippen LogP contribution in [0.5, 0.6) is 5.88 Å². The molecule has 0 unspecified atom stereocenters. The molecule has 1 amide bonds. The summed E-state index contributed by atoms with van der Waals surface area (Å²) in [7, 11) is 0. The Kier molecular flexibility index (Phi) is 7.11. The fourth-order valence-electron chi connectivity index (χ4n) is 2.52. The van der Waals surface area contributed by atoms with Crippen LogP contribution >= 0.6 is 35.0 Å². The molecule has 0 aliphatic rings. The van der Waals surface area contributed by atoms with Crippen LogP contribution in [0.1, 0.15) is 17.3 Å². The molecule has 2 N–H and O–H groups in total. The molecular formula is C20H15Cl2N5O3S. The Bertz CT molecular complexity index is 1300. The predicted octanol–water partition coefficient (Wildman–Crippen LogP) is 4.55. The topological polar surface area (TPSA) is 108 Å². The Morgan fingerprint density at radius 1 is 1.32 bits per heavy atom. The molecule has 31 heavy (non-hydrogen) atoms. The number of carbonyl (C=O) groups is 1. The number of hydrogen-bond donors (Lipinski definition) is 2. The standard InChI is InChI=1S/C20H15Cl2N5O3S/c1-11(24-10-14(21)23-2)31-13-7-5-6-12(17(13)22)25-18(28)16-19(29)26-15-8-3-4-9-27(15)20(16)30/h3-10,29H,2H2,1H3,(H,25,28)/b14-10-,24-11+. The molecule has 158 valence electrons. The highest BCUT2D eigenvalue weighted by molar-refractivity contribution is 8.14. The van der Waals surface area contributed by atoms with E-state index in [0.717, 1.165) is 0 Å². The number of thioether (sulfide) groups is 1. The molecule has 0 aliphatic carbocycles. The van der Waals surface area contributed by atoms with Gasteiger partial charge in [0.15, 0.2) is 5.56 Å². The number of hydrogen-bond acceptors (Lipinski definition) is 7. The summed E-state index contributed by atoms with van der Waals surface area (Å²) in [4.78, 5) is 37.6. The van der Waals surface area contributed by atoms with Crippen LogP contribution < -0.4 is 10.9 Å². The van der Waals surface area contributed by atoms with Gasteiger partial charge in [-0.1, -0.05) is 47.1 Å². The van der Waals surface area contributed by atoms with Gasteiger partial charge in [-0.2, -0.15) is 4.98 Å². The summed E-state index contributed by atoms with van der Waals surface area (Å²) in [6.07, 6.45) is 2.80. The highest BCUT2D eigenvalue weighted by Crippen LogP contribution is 2.34. The minimum atomic E-state index is -0.838. The van der Waals surface area contributed by atoms with Crippen LogP contribution in [0.25, 0.3) is 5.65 Å². The normalized spacial score (nSPS) is 12.1. The van der Waals surface area contributed by atoms with Crippen LogP contribution in [0.3, 0.4) is 0 Å². The summed E-state index contributed by atoms with van der Waals surface area (Å²) in [5, 5.41) is 13.7. The van der Waals surface area contributed by atoms with Crippen molar-refractivity contribution in [2.75, 3.05) is 5.32 Å². The zero-order valence-electron chi connectivity index (χ0n) is 16.0. The molecule has 0 spiro atoms. The van der Waals surface area contributed by atoms with Gasteiger partial charge in [-0.3, -0.25) is 24.0 Å². The Labute approximate surface area is 191 Å². The third-order valence-electron chi connectivity index (χ3n) is 3.92. The number of aliphatic imine (C=N–C) groups is 2. The number of nitrogens with one attached hydrogen (secondary N) is 1. The molecule has 2 heterocycles. The summed E-state index contributed by atoms with van der Waals surface area (Å²) in [5.74, 6) is -1.51. The molecule has 1 aromatic carbocycles. The lowest BCUT2D eigenvalue weighted by atomic mass is 10.2. The molecule has 11 heteroatoms. The summed E-state index contributed by atoms with van der Waals surface area (Å²) in [6, 6.07) is 9.80. The third-order valence-corrected chi connectivity index (χ3v) is 5.61. The van der Waals surface area contributed by atoms with E-state index >= 15 is 0 Å². The zero-order chi connectivity index (χ0) is 22.5. The summed E-state index contributed by atoms with van der Waals surface area (Å²) in [5.41, 5.74) is -0.728. The van der Waals surface area contributed by atoms with Gasteiger partial charge in [-0.15, -0.1) is 0 Å². The second-order valence-corrected chi connectivity index (χ2v) is 7.98. The Morgan fingerprint density at radius 2 is 2.10 bits per heavy atom. The van der Waals surface area contributed by atoms with Crippen molar-refractivity contribution in [2.24, 2.45) is 9.98 Å². The van der Waals surface area contributed by atoms with Crippen molar-refractivity contribution >= 4 is 64.0 Å². The zero-order valence-corrected chi connectivity index (χ0v) is 18.4. The van der Waals surface area contributed by atoms with Gasteiger partial charge in [-0.25, -0.2) is 0 Å². The van der Waals surface area contributed by atoms with Crippen LogP contribution in [0, 0.1) is 0 Å². The number of carbonyl (C=O) groups excluding carboxylic acids is 1. The van der Waals surface area contributed by atoms with Crippen LogP contribution in [0.2, 0.25) is 5.02 Å². The van der Waals surface area contributed by atoms with E-state index in [1.165, 1.54) is 34.6 Å². The second-order valence-electron chi connectivity index (χ2n) is 5.98. The lowest BCUT2D eigenvalue weighted by Crippen LogP contribution is -2.27. The van der Waals surface area contributed by atoms with Gasteiger partial charge in [0.05, 0.1) is 22.0 Å². The van der Waals surface area contributed by atoms with E-state index in [0.29, 0.717) is 9.94 Å². The maximum Gasteiger partial charge on any atom is 0.274 e. The Balaban J connectivity index is 1.90. The first-order valence-corrected chi connectivity index (χ1v) is 10.2. The monoisotopic (exact) mass is 475 g/mol. The van der Waals surface area contributed by atoms with Crippen LogP contribution in [0.15, 0.2) is 73.6 Å². The maximum atomic E-state index is 12.7. The lowest BCUT2D eigenvalue weighted by Gasteiger charge is -2.11. The van der Waals surface area contributed by atoms with Gasteiger partial charge < -0.3 is 10.4 Å². The first-order valence-electron chi connectivity index (χ1n) is 8.66. The van der Waals surface area contributed by atoms with Gasteiger partial charge in [0.1, 0.15) is 10.8 Å². The summed E-state index contributed by atoms with van der Waals surface area (Å²) < 4.78 is 1.17. The number of aromatic nitrogens is 2. The largest absolute Gasteiger partial charge is 0.493 e. The van der Waals surface area contributed by atoms with E-state index in [1.54, 1.807) is 37.3 Å². The average Bonchev–Trinajstić information content (AvgIpc) is 2.74. The molecule has 0 radical (unpaired) electrons. The molecule has 0 saturated heterocycles. The first kappa shape index (κ1) is 22.5. The van der Waals surface area contributed by atoms with Crippen LogP contribution in [-0.2, 0) is 0 Å². The quantitative estimate of drug-likeness (QED) is 0.243. The molecule has 3 aromatic rings.